The normalized spacial score (nSPS) is 17.2. The SMILES string of the molecule is Cn1cc(CCN2CCNCC2)c2cc(F)ccc21. The smallest absolute Gasteiger partial charge is 0.123 e. The van der Waals surface area contributed by atoms with Gasteiger partial charge in [0.15, 0.2) is 0 Å². The zero-order valence-corrected chi connectivity index (χ0v) is 11.3. The molecule has 0 unspecified atom stereocenters. The molecule has 0 saturated carbocycles. The van der Waals surface area contributed by atoms with Gasteiger partial charge in [0.1, 0.15) is 5.82 Å². The van der Waals surface area contributed by atoms with Gasteiger partial charge in [-0.05, 0) is 30.2 Å². The van der Waals surface area contributed by atoms with Gasteiger partial charge in [0.25, 0.3) is 0 Å². The molecule has 3 rings (SSSR count). The van der Waals surface area contributed by atoms with E-state index in [4.69, 9.17) is 0 Å². The van der Waals surface area contributed by atoms with Crippen LogP contribution in [-0.4, -0.2) is 42.2 Å². The minimum atomic E-state index is -0.151. The van der Waals surface area contributed by atoms with Gasteiger partial charge in [0.2, 0.25) is 0 Å². The van der Waals surface area contributed by atoms with Crippen LogP contribution < -0.4 is 5.32 Å². The predicted octanol–water partition coefficient (Wildman–Crippen LogP) is 1.77. The number of hydrogen-bond acceptors (Lipinski definition) is 2. The van der Waals surface area contributed by atoms with E-state index in [1.165, 1.54) is 11.6 Å². The monoisotopic (exact) mass is 261 g/mol. The first-order valence-corrected chi connectivity index (χ1v) is 6.90. The van der Waals surface area contributed by atoms with Gasteiger partial charge >= 0.3 is 0 Å². The first kappa shape index (κ1) is 12.6. The first-order chi connectivity index (χ1) is 9.24. The number of benzene rings is 1. The Bertz CT molecular complexity index is 570. The predicted molar refractivity (Wildman–Crippen MR) is 75.9 cm³/mol. The molecule has 4 heteroatoms. The van der Waals surface area contributed by atoms with Gasteiger partial charge in [0, 0.05) is 56.9 Å². The van der Waals surface area contributed by atoms with Crippen molar-refractivity contribution in [3.63, 3.8) is 0 Å². The van der Waals surface area contributed by atoms with Crippen LogP contribution in [0.15, 0.2) is 24.4 Å². The van der Waals surface area contributed by atoms with E-state index >= 15 is 0 Å². The molecule has 0 amide bonds. The van der Waals surface area contributed by atoms with E-state index in [9.17, 15) is 4.39 Å². The maximum absolute atomic E-state index is 13.4. The fourth-order valence-corrected chi connectivity index (χ4v) is 2.86. The van der Waals surface area contributed by atoms with E-state index in [1.54, 1.807) is 6.07 Å². The zero-order valence-electron chi connectivity index (χ0n) is 11.3. The van der Waals surface area contributed by atoms with Crippen LogP contribution >= 0.6 is 0 Å². The number of aromatic nitrogens is 1. The van der Waals surface area contributed by atoms with Crippen molar-refractivity contribution in [1.82, 2.24) is 14.8 Å². The van der Waals surface area contributed by atoms with E-state index < -0.39 is 0 Å². The van der Waals surface area contributed by atoms with Crippen LogP contribution in [-0.2, 0) is 13.5 Å². The number of aryl methyl sites for hydroxylation is 1. The van der Waals surface area contributed by atoms with Crippen LogP contribution in [0.3, 0.4) is 0 Å². The molecular formula is C15H20FN3. The Balaban J connectivity index is 1.78. The quantitative estimate of drug-likeness (QED) is 0.908. The Kier molecular flexibility index (Phi) is 3.53. The van der Waals surface area contributed by atoms with Crippen LogP contribution in [0.2, 0.25) is 0 Å². The molecule has 0 aliphatic carbocycles. The number of nitrogens with one attached hydrogen (secondary N) is 1. The van der Waals surface area contributed by atoms with Crippen molar-refractivity contribution in [3.8, 4) is 0 Å². The number of fused-ring (bicyclic) bond motifs is 1. The highest BCUT2D eigenvalue weighted by atomic mass is 19.1. The molecule has 2 heterocycles. The van der Waals surface area contributed by atoms with Crippen LogP contribution in [0.4, 0.5) is 4.39 Å². The third kappa shape index (κ3) is 2.65. The summed E-state index contributed by atoms with van der Waals surface area (Å²) in [6.45, 7) is 5.42. The lowest BCUT2D eigenvalue weighted by Gasteiger charge is -2.26. The molecule has 1 aromatic carbocycles. The second-order valence-corrected chi connectivity index (χ2v) is 5.27. The van der Waals surface area contributed by atoms with Gasteiger partial charge in [-0.2, -0.15) is 0 Å². The summed E-state index contributed by atoms with van der Waals surface area (Å²) in [4.78, 5) is 2.47. The minimum absolute atomic E-state index is 0.151. The molecule has 1 aliphatic heterocycles. The van der Waals surface area contributed by atoms with Crippen molar-refractivity contribution < 1.29 is 4.39 Å². The summed E-state index contributed by atoms with van der Waals surface area (Å²) >= 11 is 0. The average Bonchev–Trinajstić information content (AvgIpc) is 2.74. The summed E-state index contributed by atoms with van der Waals surface area (Å²) in [5.41, 5.74) is 2.35. The maximum Gasteiger partial charge on any atom is 0.123 e. The Morgan fingerprint density at radius 3 is 2.84 bits per heavy atom. The molecule has 1 saturated heterocycles. The maximum atomic E-state index is 13.4. The Labute approximate surface area is 113 Å². The highest BCUT2D eigenvalue weighted by molar-refractivity contribution is 5.84. The molecule has 19 heavy (non-hydrogen) atoms. The molecule has 0 spiro atoms. The molecule has 1 fully saturated rings. The Morgan fingerprint density at radius 1 is 1.26 bits per heavy atom. The summed E-state index contributed by atoms with van der Waals surface area (Å²) in [5.74, 6) is -0.151. The number of hydrogen-bond donors (Lipinski definition) is 1. The third-order valence-electron chi connectivity index (χ3n) is 3.94. The largest absolute Gasteiger partial charge is 0.350 e. The van der Waals surface area contributed by atoms with E-state index in [1.807, 2.05) is 13.1 Å². The molecule has 0 radical (unpaired) electrons. The van der Waals surface area contributed by atoms with Crippen molar-refractivity contribution in [2.75, 3.05) is 32.7 Å². The van der Waals surface area contributed by atoms with Gasteiger partial charge in [-0.25, -0.2) is 4.39 Å². The second-order valence-electron chi connectivity index (χ2n) is 5.27. The van der Waals surface area contributed by atoms with Gasteiger partial charge in [-0.15, -0.1) is 0 Å². The van der Waals surface area contributed by atoms with Gasteiger partial charge < -0.3 is 14.8 Å². The van der Waals surface area contributed by atoms with Crippen molar-refractivity contribution in [2.45, 2.75) is 6.42 Å². The Hall–Kier alpha value is -1.39. The molecule has 2 aromatic rings. The van der Waals surface area contributed by atoms with Crippen molar-refractivity contribution in [2.24, 2.45) is 7.05 Å². The van der Waals surface area contributed by atoms with E-state index in [2.05, 4.69) is 21.0 Å². The third-order valence-corrected chi connectivity index (χ3v) is 3.94. The van der Waals surface area contributed by atoms with Crippen LogP contribution in [0, 0.1) is 5.82 Å². The summed E-state index contributed by atoms with van der Waals surface area (Å²) in [7, 11) is 2.02. The lowest BCUT2D eigenvalue weighted by molar-refractivity contribution is 0.244. The van der Waals surface area contributed by atoms with Crippen molar-refractivity contribution >= 4 is 10.9 Å². The summed E-state index contributed by atoms with van der Waals surface area (Å²) < 4.78 is 15.5. The molecule has 3 nitrogen and oxygen atoms in total. The first-order valence-electron chi connectivity index (χ1n) is 6.90. The number of rotatable bonds is 3. The Morgan fingerprint density at radius 2 is 2.05 bits per heavy atom. The van der Waals surface area contributed by atoms with Crippen LogP contribution in [0.5, 0.6) is 0 Å². The average molecular weight is 261 g/mol. The summed E-state index contributed by atoms with van der Waals surface area (Å²) in [6.07, 6.45) is 3.12. The van der Waals surface area contributed by atoms with Gasteiger partial charge in [0.05, 0.1) is 0 Å². The highest BCUT2D eigenvalue weighted by Gasteiger charge is 2.12. The molecule has 1 aromatic heterocycles. The number of halogens is 1. The van der Waals surface area contributed by atoms with E-state index in [0.717, 1.165) is 50.0 Å². The molecule has 1 N–H and O–H groups in total. The fourth-order valence-electron chi connectivity index (χ4n) is 2.86. The molecule has 102 valence electrons. The van der Waals surface area contributed by atoms with Crippen LogP contribution in [0.1, 0.15) is 5.56 Å². The minimum Gasteiger partial charge on any atom is -0.350 e. The van der Waals surface area contributed by atoms with Crippen LogP contribution in [0.25, 0.3) is 10.9 Å². The zero-order chi connectivity index (χ0) is 13.2. The molecule has 1 aliphatic rings. The number of piperazine rings is 1. The van der Waals surface area contributed by atoms with Crippen molar-refractivity contribution in [3.05, 3.63) is 35.8 Å². The highest BCUT2D eigenvalue weighted by Crippen LogP contribution is 2.22. The molecule has 0 atom stereocenters. The standard InChI is InChI=1S/C15H20FN3/c1-18-11-12(4-7-19-8-5-17-6-9-19)14-10-13(16)2-3-15(14)18/h2-3,10-11,17H,4-9H2,1H3. The van der Waals surface area contributed by atoms with E-state index in [-0.39, 0.29) is 5.82 Å². The molecular weight excluding hydrogens is 241 g/mol. The topological polar surface area (TPSA) is 20.2 Å². The van der Waals surface area contributed by atoms with Gasteiger partial charge in [-0.3, -0.25) is 0 Å². The van der Waals surface area contributed by atoms with E-state index in [0.29, 0.717) is 0 Å². The van der Waals surface area contributed by atoms with Gasteiger partial charge in [-0.1, -0.05) is 0 Å². The lowest BCUT2D eigenvalue weighted by atomic mass is 10.1. The fraction of sp³-hybridized carbons (Fsp3) is 0.467. The van der Waals surface area contributed by atoms with Crippen molar-refractivity contribution in [1.29, 1.82) is 0 Å². The lowest BCUT2D eigenvalue weighted by Crippen LogP contribution is -2.44. The summed E-state index contributed by atoms with van der Waals surface area (Å²) in [5, 5.41) is 4.41. The number of nitrogens with zero attached hydrogens (tertiary/aromatic N) is 2. The summed E-state index contributed by atoms with van der Waals surface area (Å²) in [6, 6.07) is 5.05. The molecule has 0 bridgehead atoms. The second kappa shape index (κ2) is 5.31.